The molecule has 0 aliphatic carbocycles. The van der Waals surface area contributed by atoms with Crippen LogP contribution in [-0.2, 0) is 12.7 Å². The van der Waals surface area contributed by atoms with E-state index < -0.39 is 0 Å². The topological polar surface area (TPSA) is 0 Å². The molecule has 0 unspecified atom stereocenters. The molecule has 0 aliphatic heterocycles. The Morgan fingerprint density at radius 1 is 1.13 bits per heavy atom. The number of hydrogen-bond acceptors (Lipinski definition) is 0. The number of rotatable bonds is 4. The van der Waals surface area contributed by atoms with E-state index in [1.165, 1.54) is 11.7 Å². The van der Waals surface area contributed by atoms with Crippen molar-refractivity contribution in [3.63, 3.8) is 0 Å². The summed E-state index contributed by atoms with van der Waals surface area (Å²) in [6.07, 6.45) is 3.71. The summed E-state index contributed by atoms with van der Waals surface area (Å²) < 4.78 is 0. The molecule has 0 fully saturated rings. The molecule has 0 amide bonds. The van der Waals surface area contributed by atoms with Crippen LogP contribution in [0.2, 0.25) is 0 Å². The molecule has 0 N–H and O–H groups in total. The second kappa shape index (κ2) is 11.7. The van der Waals surface area contributed by atoms with E-state index in [1.54, 1.807) is 0 Å². The van der Waals surface area contributed by atoms with E-state index in [1.807, 2.05) is 0 Å². The summed E-state index contributed by atoms with van der Waals surface area (Å²) in [6.45, 7) is 13.8. The molecule has 0 nitrogen and oxygen atoms in total. The van der Waals surface area contributed by atoms with Gasteiger partial charge in [0.1, 0.15) is 0 Å². The van der Waals surface area contributed by atoms with Gasteiger partial charge in [0.2, 0.25) is 0 Å². The van der Waals surface area contributed by atoms with Gasteiger partial charge in [0, 0.05) is 0 Å². The Kier molecular flexibility index (Phi) is 14.5. The van der Waals surface area contributed by atoms with Crippen molar-refractivity contribution in [2.75, 3.05) is 6.16 Å². The van der Waals surface area contributed by atoms with Gasteiger partial charge in [0.05, 0.1) is 0 Å². The molecule has 0 spiro atoms. The first-order chi connectivity index (χ1) is 6.86. The SMILES string of the molecule is CC(C)=CCP(C(C)C)C(C)C.[Cl][Ni][Cl]. The van der Waals surface area contributed by atoms with Crippen molar-refractivity contribution in [1.82, 2.24) is 0 Å². The van der Waals surface area contributed by atoms with Crippen LogP contribution in [0, 0.1) is 0 Å². The molecule has 0 radical (unpaired) electrons. The standard InChI is InChI=1S/C11H23P.2ClH.Ni/c1-9(2)7-8-12(10(3)4)11(5)6;;;/h7,10-11H,8H2,1-6H3;2*1H;/q;;;+2/p-2. The van der Waals surface area contributed by atoms with Crippen LogP contribution in [0.3, 0.4) is 0 Å². The molecule has 96 valence electrons. The fraction of sp³-hybridized carbons (Fsp3) is 0.818. The van der Waals surface area contributed by atoms with Crippen LogP contribution >= 0.6 is 28.3 Å². The Bertz CT molecular complexity index is 158. The molecule has 4 heteroatoms. The van der Waals surface area contributed by atoms with Crippen LogP contribution in [0.1, 0.15) is 41.5 Å². The number of hydrogen-bond donors (Lipinski definition) is 0. The van der Waals surface area contributed by atoms with E-state index >= 15 is 0 Å². The van der Waals surface area contributed by atoms with Crippen molar-refractivity contribution in [1.29, 1.82) is 0 Å². The minimum absolute atomic E-state index is 0.212. The van der Waals surface area contributed by atoms with Crippen LogP contribution in [0.4, 0.5) is 0 Å². The van der Waals surface area contributed by atoms with E-state index in [4.69, 9.17) is 20.4 Å². The molecule has 0 saturated carbocycles. The second-order valence-electron chi connectivity index (χ2n) is 4.21. The van der Waals surface area contributed by atoms with Gasteiger partial charge in [-0.05, 0) is 31.3 Å². The van der Waals surface area contributed by atoms with Crippen LogP contribution in [0.25, 0.3) is 0 Å². The summed E-state index contributed by atoms with van der Waals surface area (Å²) in [4.78, 5) is 0. The van der Waals surface area contributed by atoms with Crippen LogP contribution in [-0.4, -0.2) is 17.5 Å². The Hall–Kier alpha value is 1.24. The Balaban J connectivity index is 0. The number of halogens is 2. The van der Waals surface area contributed by atoms with E-state index in [0.29, 0.717) is 12.7 Å². The van der Waals surface area contributed by atoms with Gasteiger partial charge in [-0.3, -0.25) is 0 Å². The Morgan fingerprint density at radius 3 is 1.67 bits per heavy atom. The summed E-state index contributed by atoms with van der Waals surface area (Å²) in [5.41, 5.74) is 3.20. The van der Waals surface area contributed by atoms with E-state index in [9.17, 15) is 0 Å². The van der Waals surface area contributed by atoms with Gasteiger partial charge >= 0.3 is 33.0 Å². The van der Waals surface area contributed by atoms with E-state index in [0.717, 1.165) is 11.3 Å². The van der Waals surface area contributed by atoms with Crippen LogP contribution in [0.15, 0.2) is 11.6 Å². The minimum atomic E-state index is 0.212. The molecule has 0 saturated heterocycles. The Morgan fingerprint density at radius 2 is 1.47 bits per heavy atom. The molecular weight excluding hydrogens is 293 g/mol. The molecule has 0 aromatic heterocycles. The van der Waals surface area contributed by atoms with Crippen LogP contribution in [0.5, 0.6) is 0 Å². The molecule has 0 aromatic carbocycles. The van der Waals surface area contributed by atoms with Gasteiger partial charge in [0.25, 0.3) is 0 Å². The molecule has 0 heterocycles. The van der Waals surface area contributed by atoms with Crippen molar-refractivity contribution in [2.45, 2.75) is 52.9 Å². The molecule has 0 aromatic rings. The summed E-state index contributed by atoms with van der Waals surface area (Å²) >= 11 is 0.569. The zero-order valence-corrected chi connectivity index (χ0v) is 13.9. The van der Waals surface area contributed by atoms with E-state index in [-0.39, 0.29) is 7.92 Å². The fourth-order valence-electron chi connectivity index (χ4n) is 1.31. The van der Waals surface area contributed by atoms with Crippen molar-refractivity contribution in [2.24, 2.45) is 0 Å². The van der Waals surface area contributed by atoms with Crippen molar-refractivity contribution in [3.05, 3.63) is 11.6 Å². The molecule has 0 aliphatic rings. The predicted octanol–water partition coefficient (Wildman–Crippen LogP) is 5.63. The van der Waals surface area contributed by atoms with Gasteiger partial charge in [-0.15, -0.1) is 0 Å². The van der Waals surface area contributed by atoms with Crippen LogP contribution < -0.4 is 0 Å². The van der Waals surface area contributed by atoms with Gasteiger partial charge in [-0.2, -0.15) is 0 Å². The van der Waals surface area contributed by atoms with Gasteiger partial charge in [0.15, 0.2) is 0 Å². The van der Waals surface area contributed by atoms with E-state index in [2.05, 4.69) is 47.6 Å². The molecule has 0 rings (SSSR count). The van der Waals surface area contributed by atoms with Gasteiger partial charge in [-0.25, -0.2) is 0 Å². The first-order valence-corrected chi connectivity index (χ1v) is 9.46. The third-order valence-corrected chi connectivity index (χ3v) is 5.29. The average Bonchev–Trinajstić information content (AvgIpc) is 2.03. The molecule has 0 bridgehead atoms. The zero-order chi connectivity index (χ0) is 12.4. The molecule has 15 heavy (non-hydrogen) atoms. The maximum atomic E-state index is 4.70. The zero-order valence-electron chi connectivity index (χ0n) is 10.5. The average molecular weight is 316 g/mol. The van der Waals surface area contributed by atoms with Crippen molar-refractivity contribution < 1.29 is 12.7 Å². The maximum absolute atomic E-state index is 4.70. The monoisotopic (exact) mass is 314 g/mol. The van der Waals surface area contributed by atoms with Gasteiger partial charge in [-0.1, -0.05) is 47.3 Å². The normalized spacial score (nSPS) is 10.6. The van der Waals surface area contributed by atoms with Crippen molar-refractivity contribution in [3.8, 4) is 0 Å². The van der Waals surface area contributed by atoms with Crippen molar-refractivity contribution >= 4 is 28.3 Å². The summed E-state index contributed by atoms with van der Waals surface area (Å²) in [6, 6.07) is 0. The molecule has 0 atom stereocenters. The first-order valence-electron chi connectivity index (χ1n) is 5.08. The quantitative estimate of drug-likeness (QED) is 0.358. The summed E-state index contributed by atoms with van der Waals surface area (Å²) in [5, 5.41) is 0. The number of allylic oxidation sites excluding steroid dienone is 2. The Labute approximate surface area is 111 Å². The molecular formula is C11H23Cl2NiP. The summed E-state index contributed by atoms with van der Waals surface area (Å²) in [5.74, 6) is 0. The fourth-order valence-corrected chi connectivity index (χ4v) is 3.92. The third kappa shape index (κ3) is 13.2. The predicted molar refractivity (Wildman–Crippen MR) is 73.2 cm³/mol. The summed E-state index contributed by atoms with van der Waals surface area (Å²) in [7, 11) is 9.62. The second-order valence-corrected chi connectivity index (χ2v) is 9.30. The third-order valence-electron chi connectivity index (χ3n) is 2.04. The van der Waals surface area contributed by atoms with Gasteiger partial charge < -0.3 is 0 Å². The first kappa shape index (κ1) is 18.6.